The van der Waals surface area contributed by atoms with Gasteiger partial charge in [0.25, 0.3) is 5.91 Å². The van der Waals surface area contributed by atoms with E-state index in [0.717, 1.165) is 11.3 Å². The molecule has 0 radical (unpaired) electrons. The van der Waals surface area contributed by atoms with Gasteiger partial charge in [-0.15, -0.1) is 0 Å². The van der Waals surface area contributed by atoms with Crippen LogP contribution in [0.5, 0.6) is 0 Å². The van der Waals surface area contributed by atoms with Crippen molar-refractivity contribution in [2.45, 2.75) is 31.2 Å². The van der Waals surface area contributed by atoms with Gasteiger partial charge in [0.05, 0.1) is 24.2 Å². The number of nitrogens with one attached hydrogen (secondary N) is 1. The Labute approximate surface area is 181 Å². The van der Waals surface area contributed by atoms with Crippen molar-refractivity contribution in [3.05, 3.63) is 47.7 Å². The standard InChI is InChI=1S/C20H22F2N6O2S/c1-28-17(15-7-6-13(23)12(22)9-30-15)14(8-25-28)26-19(29)16-18(24)31-20(27-16)10-4-2-3-5-11(10)21/h2-5,8,12-13,15H,6-7,9,23-24H2,1H3,(H,26,29). The van der Waals surface area contributed by atoms with Gasteiger partial charge in [-0.05, 0) is 25.0 Å². The number of nitrogens with two attached hydrogens (primary N) is 2. The molecular weight excluding hydrogens is 426 g/mol. The minimum Gasteiger partial charge on any atom is -0.389 e. The summed E-state index contributed by atoms with van der Waals surface area (Å²) in [5, 5.41) is 7.42. The lowest BCUT2D eigenvalue weighted by Crippen LogP contribution is -2.32. The highest BCUT2D eigenvalue weighted by Gasteiger charge is 2.30. The van der Waals surface area contributed by atoms with Crippen LogP contribution in [0.4, 0.5) is 19.5 Å². The number of carbonyl (C=O) groups excluding carboxylic acids is 1. The van der Waals surface area contributed by atoms with Crippen LogP contribution in [-0.4, -0.2) is 39.5 Å². The number of nitrogens with zero attached hydrogens (tertiary/aromatic N) is 3. The second-order valence-corrected chi connectivity index (χ2v) is 8.34. The van der Waals surface area contributed by atoms with Crippen molar-refractivity contribution in [1.82, 2.24) is 14.8 Å². The zero-order chi connectivity index (χ0) is 22.1. The molecule has 5 N–H and O–H groups in total. The SMILES string of the molecule is Cn1ncc(NC(=O)c2nc(-c3ccccc3F)sc2N)c1C1CCC(N)C(F)CO1. The largest absolute Gasteiger partial charge is 0.389 e. The molecule has 1 saturated heterocycles. The summed E-state index contributed by atoms with van der Waals surface area (Å²) in [7, 11) is 1.71. The number of hydrogen-bond donors (Lipinski definition) is 3. The summed E-state index contributed by atoms with van der Waals surface area (Å²) >= 11 is 1.03. The summed E-state index contributed by atoms with van der Waals surface area (Å²) < 4.78 is 35.2. The third-order valence-electron chi connectivity index (χ3n) is 5.19. The van der Waals surface area contributed by atoms with Crippen LogP contribution in [0.2, 0.25) is 0 Å². The van der Waals surface area contributed by atoms with E-state index < -0.39 is 30.0 Å². The van der Waals surface area contributed by atoms with Gasteiger partial charge in [-0.2, -0.15) is 5.10 Å². The van der Waals surface area contributed by atoms with Gasteiger partial charge in [-0.25, -0.2) is 13.8 Å². The lowest BCUT2D eigenvalue weighted by Gasteiger charge is -2.17. The maximum atomic E-state index is 14.1. The maximum absolute atomic E-state index is 14.1. The molecule has 3 atom stereocenters. The normalized spacial score (nSPS) is 21.6. The molecule has 0 aliphatic carbocycles. The van der Waals surface area contributed by atoms with Gasteiger partial charge in [0, 0.05) is 18.7 Å². The number of carbonyl (C=O) groups is 1. The van der Waals surface area contributed by atoms with E-state index in [1.54, 1.807) is 29.9 Å². The summed E-state index contributed by atoms with van der Waals surface area (Å²) in [6.07, 6.45) is 0.684. The monoisotopic (exact) mass is 448 g/mol. The minimum absolute atomic E-state index is 0.00862. The van der Waals surface area contributed by atoms with E-state index >= 15 is 0 Å². The Hall–Kier alpha value is -2.89. The first kappa shape index (κ1) is 21.3. The third-order valence-corrected chi connectivity index (χ3v) is 6.11. The van der Waals surface area contributed by atoms with E-state index in [1.165, 1.54) is 12.3 Å². The Balaban J connectivity index is 1.57. The predicted octanol–water partition coefficient (Wildman–Crippen LogP) is 3.03. The number of alkyl halides is 1. The first-order valence-corrected chi connectivity index (χ1v) is 10.5. The van der Waals surface area contributed by atoms with E-state index in [4.69, 9.17) is 16.2 Å². The highest BCUT2D eigenvalue weighted by atomic mass is 32.1. The quantitative estimate of drug-likeness (QED) is 0.564. The van der Waals surface area contributed by atoms with Crippen LogP contribution in [0.1, 0.15) is 35.1 Å². The molecule has 1 aliphatic heterocycles. The summed E-state index contributed by atoms with van der Waals surface area (Å²) in [5.41, 5.74) is 13.1. The molecule has 3 unspecified atom stereocenters. The van der Waals surface area contributed by atoms with Gasteiger partial charge < -0.3 is 21.5 Å². The van der Waals surface area contributed by atoms with E-state index in [9.17, 15) is 13.6 Å². The fourth-order valence-electron chi connectivity index (χ4n) is 3.51. The number of benzene rings is 1. The second kappa shape index (κ2) is 8.69. The molecule has 1 amide bonds. The van der Waals surface area contributed by atoms with Crippen molar-refractivity contribution in [3.8, 4) is 10.6 Å². The first-order chi connectivity index (χ1) is 14.8. The van der Waals surface area contributed by atoms with E-state index in [0.29, 0.717) is 29.2 Å². The summed E-state index contributed by atoms with van der Waals surface area (Å²) in [4.78, 5) is 17.1. The van der Waals surface area contributed by atoms with Crippen molar-refractivity contribution < 1.29 is 18.3 Å². The Kier molecular flexibility index (Phi) is 5.99. The van der Waals surface area contributed by atoms with Gasteiger partial charge >= 0.3 is 0 Å². The molecule has 0 spiro atoms. The van der Waals surface area contributed by atoms with E-state index in [2.05, 4.69) is 15.4 Å². The number of halogens is 2. The number of thiazole rings is 1. The van der Waals surface area contributed by atoms with Gasteiger partial charge in [0.2, 0.25) is 0 Å². The molecule has 3 aromatic rings. The lowest BCUT2D eigenvalue weighted by atomic mass is 10.0. The average Bonchev–Trinajstić information content (AvgIpc) is 3.25. The number of aryl methyl sites for hydroxylation is 1. The molecule has 1 aromatic carbocycles. The number of amides is 1. The number of hydrogen-bond acceptors (Lipinski definition) is 7. The van der Waals surface area contributed by atoms with Crippen LogP contribution < -0.4 is 16.8 Å². The van der Waals surface area contributed by atoms with Crippen LogP contribution >= 0.6 is 11.3 Å². The molecule has 4 rings (SSSR count). The Bertz CT molecular complexity index is 1090. The van der Waals surface area contributed by atoms with Crippen molar-refractivity contribution in [2.75, 3.05) is 17.7 Å². The highest BCUT2D eigenvalue weighted by Crippen LogP contribution is 2.34. The third kappa shape index (κ3) is 4.29. The van der Waals surface area contributed by atoms with Crippen molar-refractivity contribution in [1.29, 1.82) is 0 Å². The van der Waals surface area contributed by atoms with Gasteiger partial charge in [0.15, 0.2) is 5.69 Å². The smallest absolute Gasteiger partial charge is 0.277 e. The van der Waals surface area contributed by atoms with Crippen LogP contribution in [0.15, 0.2) is 30.5 Å². The zero-order valence-electron chi connectivity index (χ0n) is 16.7. The minimum atomic E-state index is -1.25. The highest BCUT2D eigenvalue weighted by molar-refractivity contribution is 7.19. The summed E-state index contributed by atoms with van der Waals surface area (Å²) in [6.45, 7) is -0.130. The van der Waals surface area contributed by atoms with Gasteiger partial charge in [0.1, 0.15) is 28.1 Å². The molecule has 1 fully saturated rings. The molecular formula is C20H22F2N6O2S. The summed E-state index contributed by atoms with van der Waals surface area (Å²) in [5.74, 6) is -1.01. The number of ether oxygens (including phenoxy) is 1. The molecule has 0 saturated carbocycles. The van der Waals surface area contributed by atoms with Crippen molar-refractivity contribution >= 4 is 27.9 Å². The topological polar surface area (TPSA) is 121 Å². The molecule has 2 aromatic heterocycles. The Morgan fingerprint density at radius 1 is 1.35 bits per heavy atom. The predicted molar refractivity (Wildman–Crippen MR) is 114 cm³/mol. The lowest BCUT2D eigenvalue weighted by molar-refractivity contribution is 0.0247. The average molecular weight is 448 g/mol. The van der Waals surface area contributed by atoms with Crippen LogP contribution in [0.3, 0.4) is 0 Å². The maximum Gasteiger partial charge on any atom is 0.277 e. The number of anilines is 2. The number of rotatable bonds is 4. The van der Waals surface area contributed by atoms with E-state index in [1.807, 2.05) is 0 Å². The van der Waals surface area contributed by atoms with Crippen molar-refractivity contribution in [2.24, 2.45) is 12.8 Å². The Morgan fingerprint density at radius 3 is 2.90 bits per heavy atom. The molecule has 31 heavy (non-hydrogen) atoms. The molecule has 1 aliphatic rings. The summed E-state index contributed by atoms with van der Waals surface area (Å²) in [6, 6.07) is 5.54. The second-order valence-electron chi connectivity index (χ2n) is 7.31. The molecule has 0 bridgehead atoms. The molecule has 11 heteroatoms. The molecule has 164 valence electrons. The van der Waals surface area contributed by atoms with Crippen LogP contribution in [-0.2, 0) is 11.8 Å². The van der Waals surface area contributed by atoms with E-state index in [-0.39, 0.29) is 22.9 Å². The zero-order valence-corrected chi connectivity index (χ0v) is 17.5. The van der Waals surface area contributed by atoms with Gasteiger partial charge in [-0.1, -0.05) is 23.5 Å². The number of nitrogen functional groups attached to an aromatic ring is 1. The fraction of sp³-hybridized carbons (Fsp3) is 0.350. The first-order valence-electron chi connectivity index (χ1n) is 9.70. The van der Waals surface area contributed by atoms with Crippen LogP contribution in [0, 0.1) is 5.82 Å². The molecule has 3 heterocycles. The Morgan fingerprint density at radius 2 is 2.13 bits per heavy atom. The van der Waals surface area contributed by atoms with Gasteiger partial charge in [-0.3, -0.25) is 9.48 Å². The fourth-order valence-corrected chi connectivity index (χ4v) is 4.36. The van der Waals surface area contributed by atoms with Crippen LogP contribution in [0.25, 0.3) is 10.6 Å². The van der Waals surface area contributed by atoms with Crippen molar-refractivity contribution in [3.63, 3.8) is 0 Å². The number of aromatic nitrogens is 3. The molecule has 8 nitrogen and oxygen atoms in total.